The average molecular weight is 393 g/mol. The smallest absolute Gasteiger partial charge is 0.205 e. The number of nitrogens with zero attached hydrogens (tertiary/aromatic N) is 5. The van der Waals surface area contributed by atoms with E-state index in [0.717, 1.165) is 69.5 Å². The van der Waals surface area contributed by atoms with E-state index in [1.165, 1.54) is 5.56 Å². The number of anilines is 2. The number of ether oxygens (including phenoxy) is 1. The molecule has 2 aliphatic rings. The number of hydrogen-bond donors (Lipinski definition) is 2. The van der Waals surface area contributed by atoms with Crippen molar-refractivity contribution in [2.45, 2.75) is 25.4 Å². The number of hydrogen-bond acceptors (Lipinski definition) is 7. The second-order valence-electron chi connectivity index (χ2n) is 7.69. The molecule has 5 rings (SSSR count). The highest BCUT2D eigenvalue weighted by Gasteiger charge is 2.27. The van der Waals surface area contributed by atoms with Gasteiger partial charge in [-0.05, 0) is 18.4 Å². The average Bonchev–Trinajstić information content (AvgIpc) is 3.24. The lowest BCUT2D eigenvalue weighted by molar-refractivity contribution is 0.0114. The highest BCUT2D eigenvalue weighted by Crippen LogP contribution is 2.25. The third-order valence-corrected chi connectivity index (χ3v) is 5.90. The van der Waals surface area contributed by atoms with Crippen LogP contribution in [-0.2, 0) is 11.3 Å². The van der Waals surface area contributed by atoms with E-state index in [0.29, 0.717) is 18.2 Å². The van der Waals surface area contributed by atoms with Crippen molar-refractivity contribution in [1.82, 2.24) is 24.8 Å². The molecule has 2 fully saturated rings. The minimum Gasteiger partial charge on any atom is -0.379 e. The van der Waals surface area contributed by atoms with Gasteiger partial charge in [0, 0.05) is 38.8 Å². The lowest BCUT2D eigenvalue weighted by Crippen LogP contribution is -2.49. The normalized spacial score (nSPS) is 19.0. The summed E-state index contributed by atoms with van der Waals surface area (Å²) in [6.07, 6.45) is 3.88. The summed E-state index contributed by atoms with van der Waals surface area (Å²) in [4.78, 5) is 21.9. The number of aromatic nitrogens is 4. The van der Waals surface area contributed by atoms with Crippen molar-refractivity contribution in [2.75, 3.05) is 49.6 Å². The Morgan fingerprint density at radius 3 is 2.62 bits per heavy atom. The number of imidazole rings is 1. The molecular formula is C21H27N7O. The molecule has 0 bridgehead atoms. The largest absolute Gasteiger partial charge is 0.379 e. The molecule has 0 amide bonds. The Balaban J connectivity index is 1.26. The van der Waals surface area contributed by atoms with Crippen molar-refractivity contribution in [3.05, 3.63) is 42.2 Å². The fourth-order valence-electron chi connectivity index (χ4n) is 4.27. The standard InChI is InChI=1S/C21H27N7O/c1-2-4-16(5-3-1)14-22-19-18-20(24-15-23-19)26-21(25-18)28-8-6-17(7-9-28)27-10-12-29-13-11-27/h1-5,15,17H,6-14H2,(H2,22,23,24,25,26). The summed E-state index contributed by atoms with van der Waals surface area (Å²) in [5.41, 5.74) is 2.79. The molecule has 8 heteroatoms. The molecule has 3 aromatic rings. The highest BCUT2D eigenvalue weighted by atomic mass is 16.5. The zero-order valence-electron chi connectivity index (χ0n) is 16.5. The molecule has 2 saturated heterocycles. The number of morpholine rings is 1. The van der Waals surface area contributed by atoms with Gasteiger partial charge in [-0.2, -0.15) is 4.98 Å². The van der Waals surface area contributed by atoms with Gasteiger partial charge in [0.2, 0.25) is 5.95 Å². The molecule has 0 saturated carbocycles. The number of benzene rings is 1. The minimum absolute atomic E-state index is 0.655. The van der Waals surface area contributed by atoms with Gasteiger partial charge in [0.1, 0.15) is 11.8 Å². The summed E-state index contributed by atoms with van der Waals surface area (Å²) < 4.78 is 5.49. The number of fused-ring (bicyclic) bond motifs is 1. The van der Waals surface area contributed by atoms with E-state index in [1.807, 2.05) is 18.2 Å². The van der Waals surface area contributed by atoms with Crippen LogP contribution in [-0.4, -0.2) is 70.3 Å². The second kappa shape index (κ2) is 8.34. The number of rotatable bonds is 5. The second-order valence-corrected chi connectivity index (χ2v) is 7.69. The predicted molar refractivity (Wildman–Crippen MR) is 113 cm³/mol. The first kappa shape index (κ1) is 18.3. The first-order valence-corrected chi connectivity index (χ1v) is 10.4. The molecular weight excluding hydrogens is 366 g/mol. The van der Waals surface area contributed by atoms with Crippen LogP contribution in [0.1, 0.15) is 18.4 Å². The quantitative estimate of drug-likeness (QED) is 0.688. The molecule has 0 unspecified atom stereocenters. The van der Waals surface area contributed by atoms with E-state index in [-0.39, 0.29) is 0 Å². The van der Waals surface area contributed by atoms with Crippen molar-refractivity contribution >= 4 is 22.9 Å². The molecule has 8 nitrogen and oxygen atoms in total. The summed E-state index contributed by atoms with van der Waals surface area (Å²) in [6, 6.07) is 11.0. The van der Waals surface area contributed by atoms with Gasteiger partial charge in [0.05, 0.1) is 13.2 Å². The van der Waals surface area contributed by atoms with Crippen molar-refractivity contribution in [3.63, 3.8) is 0 Å². The molecule has 0 radical (unpaired) electrons. The molecule has 2 aromatic heterocycles. The van der Waals surface area contributed by atoms with Crippen molar-refractivity contribution < 1.29 is 4.74 Å². The summed E-state index contributed by atoms with van der Waals surface area (Å²) in [5.74, 6) is 1.68. The van der Waals surface area contributed by atoms with Crippen molar-refractivity contribution in [1.29, 1.82) is 0 Å². The fraction of sp³-hybridized carbons (Fsp3) is 0.476. The van der Waals surface area contributed by atoms with Crippen LogP contribution in [0.3, 0.4) is 0 Å². The Hall–Kier alpha value is -2.71. The topological polar surface area (TPSA) is 82.2 Å². The van der Waals surface area contributed by atoms with Crippen LogP contribution in [0.4, 0.5) is 11.8 Å². The summed E-state index contributed by atoms with van der Waals surface area (Å²) in [7, 11) is 0. The molecule has 4 heterocycles. The van der Waals surface area contributed by atoms with Gasteiger partial charge >= 0.3 is 0 Å². The Morgan fingerprint density at radius 2 is 1.83 bits per heavy atom. The predicted octanol–water partition coefficient (Wildman–Crippen LogP) is 2.27. The molecule has 2 aliphatic heterocycles. The maximum Gasteiger partial charge on any atom is 0.205 e. The van der Waals surface area contributed by atoms with Gasteiger partial charge in [-0.15, -0.1) is 0 Å². The highest BCUT2D eigenvalue weighted by molar-refractivity contribution is 5.84. The number of aromatic amines is 1. The van der Waals surface area contributed by atoms with Crippen LogP contribution in [0.2, 0.25) is 0 Å². The molecule has 152 valence electrons. The van der Waals surface area contributed by atoms with E-state index in [1.54, 1.807) is 6.33 Å². The van der Waals surface area contributed by atoms with E-state index in [2.05, 4.69) is 42.2 Å². The van der Waals surface area contributed by atoms with Crippen LogP contribution in [0.25, 0.3) is 11.2 Å². The van der Waals surface area contributed by atoms with E-state index in [9.17, 15) is 0 Å². The lowest BCUT2D eigenvalue weighted by Gasteiger charge is -2.40. The van der Waals surface area contributed by atoms with E-state index >= 15 is 0 Å². The molecule has 2 N–H and O–H groups in total. The van der Waals surface area contributed by atoms with Crippen molar-refractivity contribution in [2.24, 2.45) is 0 Å². The van der Waals surface area contributed by atoms with E-state index in [4.69, 9.17) is 9.72 Å². The number of piperidine rings is 1. The van der Waals surface area contributed by atoms with Crippen LogP contribution >= 0.6 is 0 Å². The summed E-state index contributed by atoms with van der Waals surface area (Å²) >= 11 is 0. The van der Waals surface area contributed by atoms with Gasteiger partial charge < -0.3 is 19.9 Å². The van der Waals surface area contributed by atoms with Gasteiger partial charge in [0.15, 0.2) is 11.5 Å². The molecule has 0 aliphatic carbocycles. The summed E-state index contributed by atoms with van der Waals surface area (Å²) in [6.45, 7) is 6.56. The Morgan fingerprint density at radius 1 is 1.03 bits per heavy atom. The summed E-state index contributed by atoms with van der Waals surface area (Å²) in [5, 5.41) is 3.41. The molecule has 0 atom stereocenters. The Kier molecular flexibility index (Phi) is 5.27. The van der Waals surface area contributed by atoms with Crippen LogP contribution in [0.15, 0.2) is 36.7 Å². The maximum atomic E-state index is 5.49. The first-order chi connectivity index (χ1) is 14.4. The Bertz CT molecular complexity index is 931. The molecule has 1 aromatic carbocycles. The van der Waals surface area contributed by atoms with Crippen molar-refractivity contribution in [3.8, 4) is 0 Å². The van der Waals surface area contributed by atoms with E-state index < -0.39 is 0 Å². The third kappa shape index (κ3) is 4.04. The molecule has 29 heavy (non-hydrogen) atoms. The Labute approximate surface area is 170 Å². The maximum absolute atomic E-state index is 5.49. The zero-order chi connectivity index (χ0) is 19.5. The number of H-pyrrole nitrogens is 1. The van der Waals surface area contributed by atoms with Gasteiger partial charge in [-0.3, -0.25) is 4.90 Å². The van der Waals surface area contributed by atoms with Crippen LogP contribution < -0.4 is 10.2 Å². The minimum atomic E-state index is 0.655. The SMILES string of the molecule is c1ccc(CNc2ncnc3nc(N4CCC(N5CCOCC5)CC4)[nH]c23)cc1. The zero-order valence-corrected chi connectivity index (χ0v) is 16.5. The first-order valence-electron chi connectivity index (χ1n) is 10.4. The van der Waals surface area contributed by atoms with Gasteiger partial charge in [-0.25, -0.2) is 9.97 Å². The van der Waals surface area contributed by atoms with Crippen LogP contribution in [0.5, 0.6) is 0 Å². The molecule has 0 spiro atoms. The van der Waals surface area contributed by atoms with Gasteiger partial charge in [-0.1, -0.05) is 30.3 Å². The fourth-order valence-corrected chi connectivity index (χ4v) is 4.27. The number of nitrogens with one attached hydrogen (secondary N) is 2. The van der Waals surface area contributed by atoms with Crippen LogP contribution in [0, 0.1) is 0 Å². The monoisotopic (exact) mass is 393 g/mol. The third-order valence-electron chi connectivity index (χ3n) is 5.90. The lowest BCUT2D eigenvalue weighted by atomic mass is 10.0. The van der Waals surface area contributed by atoms with Gasteiger partial charge in [0.25, 0.3) is 0 Å².